The Bertz CT molecular complexity index is 906. The normalized spacial score (nSPS) is 23.7. The molecule has 38 heavy (non-hydrogen) atoms. The highest BCUT2D eigenvalue weighted by Crippen LogP contribution is 2.35. The van der Waals surface area contributed by atoms with Crippen LogP contribution in [-0.4, -0.2) is 83.0 Å². The zero-order valence-corrected chi connectivity index (χ0v) is 25.0. The minimum atomic E-state index is -0.608. The Balaban J connectivity index is 1.83. The Morgan fingerprint density at radius 1 is 1.13 bits per heavy atom. The molecule has 3 rings (SSSR count). The lowest BCUT2D eigenvalue weighted by Gasteiger charge is -2.40. The zero-order chi connectivity index (χ0) is 27.9. The molecular weight excluding hydrogens is 498 g/mol. The maximum absolute atomic E-state index is 14.2. The summed E-state index contributed by atoms with van der Waals surface area (Å²) in [6, 6.07) is 8.13. The number of amides is 2. The van der Waals surface area contributed by atoms with E-state index < -0.39 is 12.1 Å². The van der Waals surface area contributed by atoms with Crippen LogP contribution in [0.15, 0.2) is 29.2 Å². The third-order valence-corrected chi connectivity index (χ3v) is 8.49. The number of carbonyl (C=O) groups is 2. The highest BCUT2D eigenvalue weighted by Gasteiger charge is 2.47. The molecule has 0 spiro atoms. The number of carbonyl (C=O) groups excluding carboxylic acids is 2. The van der Waals surface area contributed by atoms with Gasteiger partial charge in [-0.15, -0.1) is 11.8 Å². The standard InChI is InChI=1S/C29H49N5O3S/c1-7-8-9-10-11-16-33-25(21-12-14-24(38-6)15-13-21)20-34(31-33)27(29(2,3)4)28(37)32-19-23(35)17-22(32)18-26(36)30-5/h12-15,22-23,25,27,31,35H,7-11,16-20H2,1-6H3,(H,30,36)/t22-,23+,25?,27+/m0/s1. The van der Waals surface area contributed by atoms with Crippen molar-refractivity contribution in [3.63, 3.8) is 0 Å². The largest absolute Gasteiger partial charge is 0.391 e. The molecule has 2 aliphatic rings. The van der Waals surface area contributed by atoms with Crippen LogP contribution in [0.4, 0.5) is 0 Å². The van der Waals surface area contributed by atoms with Crippen LogP contribution >= 0.6 is 11.8 Å². The summed E-state index contributed by atoms with van der Waals surface area (Å²) in [5.41, 5.74) is 4.50. The van der Waals surface area contributed by atoms with Crippen LogP contribution in [0, 0.1) is 5.41 Å². The lowest BCUT2D eigenvalue weighted by molar-refractivity contribution is -0.145. The number of hydrogen-bond acceptors (Lipinski definition) is 7. The molecule has 3 N–H and O–H groups in total. The molecule has 0 aromatic heterocycles. The number of rotatable bonds is 12. The summed E-state index contributed by atoms with van der Waals surface area (Å²) in [5.74, 6) is -0.145. The molecule has 4 atom stereocenters. The predicted molar refractivity (Wildman–Crippen MR) is 154 cm³/mol. The fraction of sp³-hybridized carbons (Fsp3) is 0.724. The molecule has 2 saturated heterocycles. The first kappa shape index (κ1) is 30.9. The highest BCUT2D eigenvalue weighted by molar-refractivity contribution is 7.98. The summed E-state index contributed by atoms with van der Waals surface area (Å²) in [6.45, 7) is 10.4. The number of likely N-dealkylation sites (tertiary alicyclic amines) is 1. The van der Waals surface area contributed by atoms with E-state index in [1.54, 1.807) is 23.7 Å². The number of hydrogen-bond donors (Lipinski definition) is 3. The molecule has 0 bridgehead atoms. The number of nitrogens with zero attached hydrogens (tertiary/aromatic N) is 3. The fourth-order valence-corrected chi connectivity index (χ4v) is 6.13. The van der Waals surface area contributed by atoms with E-state index in [-0.39, 0.29) is 42.3 Å². The van der Waals surface area contributed by atoms with Crippen molar-refractivity contribution >= 4 is 23.6 Å². The first-order chi connectivity index (χ1) is 18.1. The first-order valence-electron chi connectivity index (χ1n) is 14.2. The maximum atomic E-state index is 14.2. The van der Waals surface area contributed by atoms with Gasteiger partial charge in [-0.25, -0.2) is 10.0 Å². The van der Waals surface area contributed by atoms with Crippen LogP contribution in [0.1, 0.15) is 84.2 Å². The van der Waals surface area contributed by atoms with Gasteiger partial charge >= 0.3 is 0 Å². The third-order valence-electron chi connectivity index (χ3n) is 7.75. The molecule has 9 heteroatoms. The van der Waals surface area contributed by atoms with E-state index in [2.05, 4.69) is 79.1 Å². The molecule has 2 amide bonds. The SMILES string of the molecule is CCCCCCCN1NN([C@H](C(=O)N2C[C@H](O)C[C@H]2CC(=O)NC)C(C)(C)C)CC1c1ccc(SC)cc1. The molecule has 0 saturated carbocycles. The van der Waals surface area contributed by atoms with E-state index in [0.29, 0.717) is 13.0 Å². The van der Waals surface area contributed by atoms with Gasteiger partial charge in [0.15, 0.2) is 0 Å². The second-order valence-corrected chi connectivity index (χ2v) is 12.7. The maximum Gasteiger partial charge on any atom is 0.242 e. The summed E-state index contributed by atoms with van der Waals surface area (Å²) in [6.07, 6.45) is 8.13. The number of β-amino-alcohol motifs (C(OH)–C–C–N with tert-alkyl or cyclic N) is 1. The number of benzene rings is 1. The van der Waals surface area contributed by atoms with Crippen molar-refractivity contribution in [2.24, 2.45) is 5.41 Å². The van der Waals surface area contributed by atoms with Gasteiger partial charge in [-0.1, -0.05) is 65.5 Å². The first-order valence-corrected chi connectivity index (χ1v) is 15.4. The Labute approximate surface area is 233 Å². The summed E-state index contributed by atoms with van der Waals surface area (Å²) in [4.78, 5) is 29.3. The van der Waals surface area contributed by atoms with Crippen molar-refractivity contribution in [2.45, 2.75) is 102 Å². The third kappa shape index (κ3) is 7.94. The molecule has 0 radical (unpaired) electrons. The zero-order valence-electron chi connectivity index (χ0n) is 24.2. The Morgan fingerprint density at radius 2 is 1.82 bits per heavy atom. The van der Waals surface area contributed by atoms with E-state index in [1.807, 2.05) is 0 Å². The van der Waals surface area contributed by atoms with Crippen molar-refractivity contribution in [3.8, 4) is 0 Å². The molecule has 1 aromatic carbocycles. The van der Waals surface area contributed by atoms with Crippen molar-refractivity contribution < 1.29 is 14.7 Å². The Morgan fingerprint density at radius 3 is 2.42 bits per heavy atom. The molecule has 1 unspecified atom stereocenters. The minimum Gasteiger partial charge on any atom is -0.391 e. The smallest absolute Gasteiger partial charge is 0.242 e. The molecule has 8 nitrogen and oxygen atoms in total. The number of aliphatic hydroxyl groups is 1. The van der Waals surface area contributed by atoms with E-state index in [4.69, 9.17) is 0 Å². The Hall–Kier alpha value is -1.65. The van der Waals surface area contributed by atoms with Crippen molar-refractivity contribution in [1.82, 2.24) is 25.8 Å². The lowest BCUT2D eigenvalue weighted by Crippen LogP contribution is -2.59. The minimum absolute atomic E-state index is 0.0308. The number of nitrogens with one attached hydrogen (secondary N) is 2. The van der Waals surface area contributed by atoms with Crippen LogP contribution in [0.25, 0.3) is 0 Å². The molecule has 1 aromatic rings. The van der Waals surface area contributed by atoms with Gasteiger partial charge in [-0.05, 0) is 42.2 Å². The lowest BCUT2D eigenvalue weighted by atomic mass is 9.85. The number of unbranched alkanes of at least 4 members (excludes halogenated alkanes) is 4. The van der Waals surface area contributed by atoms with Crippen LogP contribution < -0.4 is 10.9 Å². The van der Waals surface area contributed by atoms with Crippen LogP contribution in [-0.2, 0) is 9.59 Å². The van der Waals surface area contributed by atoms with E-state index in [9.17, 15) is 14.7 Å². The van der Waals surface area contributed by atoms with Crippen molar-refractivity contribution in [1.29, 1.82) is 0 Å². The quantitative estimate of drug-likeness (QED) is 0.270. The molecule has 2 aliphatic heterocycles. The van der Waals surface area contributed by atoms with E-state index in [1.165, 1.54) is 36.1 Å². The summed E-state index contributed by atoms with van der Waals surface area (Å²) >= 11 is 1.74. The second kappa shape index (κ2) is 14.1. The topological polar surface area (TPSA) is 88.2 Å². The van der Waals surface area contributed by atoms with Gasteiger partial charge < -0.3 is 15.3 Å². The van der Waals surface area contributed by atoms with Crippen molar-refractivity contribution in [2.75, 3.05) is 32.9 Å². The van der Waals surface area contributed by atoms with Crippen LogP contribution in [0.3, 0.4) is 0 Å². The van der Waals surface area contributed by atoms with Gasteiger partial charge in [-0.2, -0.15) is 5.53 Å². The van der Waals surface area contributed by atoms with E-state index >= 15 is 0 Å². The number of thioether (sulfide) groups is 1. The average molecular weight is 548 g/mol. The summed E-state index contributed by atoms with van der Waals surface area (Å²) < 4.78 is 0. The molecule has 2 heterocycles. The second-order valence-electron chi connectivity index (χ2n) is 11.8. The van der Waals surface area contributed by atoms with Gasteiger partial charge in [0.25, 0.3) is 0 Å². The van der Waals surface area contributed by atoms with Gasteiger partial charge in [0.2, 0.25) is 11.8 Å². The number of hydrazine groups is 2. The monoisotopic (exact) mass is 547 g/mol. The fourth-order valence-electron chi connectivity index (χ4n) is 5.73. The van der Waals surface area contributed by atoms with Gasteiger partial charge in [0, 0.05) is 44.0 Å². The molecule has 214 valence electrons. The number of aliphatic hydroxyl groups excluding tert-OH is 1. The molecule has 0 aliphatic carbocycles. The van der Waals surface area contributed by atoms with Crippen molar-refractivity contribution in [3.05, 3.63) is 29.8 Å². The van der Waals surface area contributed by atoms with Gasteiger partial charge in [0.1, 0.15) is 6.04 Å². The average Bonchev–Trinajstić information content (AvgIpc) is 3.46. The van der Waals surface area contributed by atoms with Gasteiger partial charge in [0.05, 0.1) is 12.1 Å². The Kier molecular flexibility index (Phi) is 11.5. The van der Waals surface area contributed by atoms with Gasteiger partial charge in [-0.3, -0.25) is 9.59 Å². The summed E-state index contributed by atoms with van der Waals surface area (Å²) in [5, 5.41) is 17.5. The van der Waals surface area contributed by atoms with Crippen LogP contribution in [0.2, 0.25) is 0 Å². The molecule has 2 fully saturated rings. The van der Waals surface area contributed by atoms with Crippen LogP contribution in [0.5, 0.6) is 0 Å². The van der Waals surface area contributed by atoms with E-state index in [0.717, 1.165) is 13.0 Å². The molecular formula is C29H49N5O3S. The summed E-state index contributed by atoms with van der Waals surface area (Å²) in [7, 11) is 1.61. The predicted octanol–water partition coefficient (Wildman–Crippen LogP) is 3.97. The highest BCUT2D eigenvalue weighted by atomic mass is 32.2.